The third-order valence-corrected chi connectivity index (χ3v) is 6.33. The molecule has 0 aliphatic carbocycles. The summed E-state index contributed by atoms with van der Waals surface area (Å²) in [6.45, 7) is 8.95. The molecule has 0 fully saturated rings. The molecule has 1 aromatic carbocycles. The first-order valence-corrected chi connectivity index (χ1v) is 10.7. The van der Waals surface area contributed by atoms with Gasteiger partial charge in [0.05, 0.1) is 17.1 Å². The average molecular weight is 416 g/mol. The molecule has 0 amide bonds. The van der Waals surface area contributed by atoms with Gasteiger partial charge in [-0.3, -0.25) is 13.9 Å². The second-order valence-corrected chi connectivity index (χ2v) is 8.26. The zero-order chi connectivity index (χ0) is 21.8. The van der Waals surface area contributed by atoms with Crippen molar-refractivity contribution in [2.45, 2.75) is 45.2 Å². The lowest BCUT2D eigenvalue weighted by molar-refractivity contribution is 0.565. The zero-order valence-corrected chi connectivity index (χ0v) is 17.7. The number of hydrogen-bond acceptors (Lipinski definition) is 4. The molecular weight excluding hydrogens is 390 g/mol. The predicted molar refractivity (Wildman–Crippen MR) is 115 cm³/mol. The number of aryl methyl sites for hydroxylation is 1. The molecule has 7 nitrogen and oxygen atoms in total. The van der Waals surface area contributed by atoms with E-state index in [0.29, 0.717) is 0 Å². The van der Waals surface area contributed by atoms with Crippen molar-refractivity contribution in [2.24, 2.45) is 0 Å². The number of sulfonamides is 1. The lowest BCUT2D eigenvalue weighted by Gasteiger charge is -2.26. The highest BCUT2D eigenvalue weighted by Gasteiger charge is 2.31. The van der Waals surface area contributed by atoms with E-state index in [1.165, 1.54) is 22.8 Å². The summed E-state index contributed by atoms with van der Waals surface area (Å²) in [5.41, 5.74) is -0.133. The average Bonchev–Trinajstić information content (AvgIpc) is 2.68. The number of anilines is 1. The van der Waals surface area contributed by atoms with Gasteiger partial charge in [-0.15, -0.1) is 13.0 Å². The minimum absolute atomic E-state index is 0.0135. The van der Waals surface area contributed by atoms with Crippen molar-refractivity contribution in [1.29, 1.82) is 0 Å². The van der Waals surface area contributed by atoms with Crippen LogP contribution in [-0.4, -0.2) is 24.1 Å². The van der Waals surface area contributed by atoms with Crippen LogP contribution in [-0.2, 0) is 29.5 Å². The first-order chi connectivity index (χ1) is 13.7. The molecule has 0 N–H and O–H groups in total. The molecule has 0 atom stereocenters. The Balaban J connectivity index is 2.94. The Kier molecular flexibility index (Phi) is 6.88. The fourth-order valence-corrected chi connectivity index (χ4v) is 4.53. The van der Waals surface area contributed by atoms with Crippen molar-refractivity contribution in [2.75, 3.05) is 10.8 Å². The summed E-state index contributed by atoms with van der Waals surface area (Å²) in [5, 5.41) is 0. The highest BCUT2D eigenvalue weighted by molar-refractivity contribution is 7.92. The molecule has 0 saturated heterocycles. The third-order valence-electron chi connectivity index (χ3n) is 4.57. The number of benzene rings is 1. The fourth-order valence-electron chi connectivity index (χ4n) is 3.13. The number of terminal acetylenes is 1. The quantitative estimate of drug-likeness (QED) is 0.487. The van der Waals surface area contributed by atoms with Crippen LogP contribution in [0.1, 0.15) is 25.1 Å². The molecule has 0 saturated carbocycles. The van der Waals surface area contributed by atoms with E-state index in [0.717, 1.165) is 14.4 Å². The van der Waals surface area contributed by atoms with Gasteiger partial charge in [0, 0.05) is 19.5 Å². The van der Waals surface area contributed by atoms with E-state index in [9.17, 15) is 18.0 Å². The number of hydrogen-bond donors (Lipinski definition) is 0. The van der Waals surface area contributed by atoms with Gasteiger partial charge >= 0.3 is 5.69 Å². The summed E-state index contributed by atoms with van der Waals surface area (Å²) in [5.74, 6) is 2.33. The predicted octanol–water partition coefficient (Wildman–Crippen LogP) is 1.92. The van der Waals surface area contributed by atoms with Crippen molar-refractivity contribution in [3.63, 3.8) is 0 Å². The lowest BCUT2D eigenvalue weighted by atomic mass is 10.2. The number of rotatable bonds is 8. The van der Waals surface area contributed by atoms with E-state index >= 15 is 0 Å². The Morgan fingerprint density at radius 1 is 1.14 bits per heavy atom. The van der Waals surface area contributed by atoms with Gasteiger partial charge in [-0.2, -0.15) is 0 Å². The second kappa shape index (κ2) is 8.97. The summed E-state index contributed by atoms with van der Waals surface area (Å²) in [6.07, 6.45) is 7.12. The summed E-state index contributed by atoms with van der Waals surface area (Å²) in [4.78, 5) is 25.9. The minimum atomic E-state index is -4.13. The minimum Gasteiger partial charge on any atom is -0.295 e. The molecule has 0 radical (unpaired) electrons. The fraction of sp³-hybridized carbons (Fsp3) is 0.333. The molecule has 2 aromatic rings. The highest BCUT2D eigenvalue weighted by atomic mass is 32.2. The summed E-state index contributed by atoms with van der Waals surface area (Å²) < 4.78 is 30.1. The van der Waals surface area contributed by atoms with Gasteiger partial charge in [-0.1, -0.05) is 29.7 Å². The Bertz CT molecular complexity index is 1170. The summed E-state index contributed by atoms with van der Waals surface area (Å²) in [6, 6.07) is 6.27. The van der Waals surface area contributed by atoms with Gasteiger partial charge in [0.15, 0.2) is 0 Å². The summed E-state index contributed by atoms with van der Waals surface area (Å²) in [7, 11) is -4.13. The Morgan fingerprint density at radius 2 is 1.72 bits per heavy atom. The maximum Gasteiger partial charge on any atom is 0.331 e. The largest absolute Gasteiger partial charge is 0.331 e. The number of allylic oxidation sites excluding steroid dienone is 1. The first-order valence-electron chi connectivity index (χ1n) is 9.24. The van der Waals surface area contributed by atoms with E-state index in [1.807, 2.05) is 6.92 Å². The molecule has 0 spiro atoms. The SMILES string of the molecule is C#CCN(c1c(CC=C)n(CC)c(=O)n(CC)c1=O)S(=O)(=O)c1ccc(C)cc1. The molecule has 0 bridgehead atoms. The number of nitrogens with zero attached hydrogens (tertiary/aromatic N) is 3. The topological polar surface area (TPSA) is 81.4 Å². The highest BCUT2D eigenvalue weighted by Crippen LogP contribution is 2.24. The van der Waals surface area contributed by atoms with Gasteiger partial charge in [-0.25, -0.2) is 17.5 Å². The van der Waals surface area contributed by atoms with Crippen LogP contribution >= 0.6 is 0 Å². The molecule has 2 rings (SSSR count). The lowest BCUT2D eigenvalue weighted by Crippen LogP contribution is -2.46. The van der Waals surface area contributed by atoms with Crippen LogP contribution in [0.3, 0.4) is 0 Å². The van der Waals surface area contributed by atoms with Crippen LogP contribution in [0.15, 0.2) is 51.4 Å². The second-order valence-electron chi connectivity index (χ2n) is 6.39. The van der Waals surface area contributed by atoms with Crippen LogP contribution in [0.5, 0.6) is 0 Å². The molecule has 0 aliphatic rings. The van der Waals surface area contributed by atoms with Crippen molar-refractivity contribution in [1.82, 2.24) is 9.13 Å². The Labute approximate surface area is 171 Å². The maximum atomic E-state index is 13.4. The van der Waals surface area contributed by atoms with Gasteiger partial charge in [-0.05, 0) is 32.9 Å². The van der Waals surface area contributed by atoms with Crippen molar-refractivity contribution >= 4 is 15.7 Å². The van der Waals surface area contributed by atoms with Crippen molar-refractivity contribution in [3.8, 4) is 12.3 Å². The van der Waals surface area contributed by atoms with Crippen LogP contribution < -0.4 is 15.6 Å². The molecule has 0 aliphatic heterocycles. The van der Waals surface area contributed by atoms with Crippen LogP contribution in [0.2, 0.25) is 0 Å². The first kappa shape index (κ1) is 22.2. The molecule has 29 heavy (non-hydrogen) atoms. The van der Waals surface area contributed by atoms with E-state index in [2.05, 4.69) is 12.5 Å². The molecule has 154 valence electrons. The monoisotopic (exact) mass is 415 g/mol. The molecule has 0 unspecified atom stereocenters. The van der Waals surface area contributed by atoms with Crippen LogP contribution in [0, 0.1) is 19.3 Å². The Hall–Kier alpha value is -3.05. The zero-order valence-electron chi connectivity index (χ0n) is 16.9. The van der Waals surface area contributed by atoms with Crippen molar-refractivity contribution < 1.29 is 8.42 Å². The van der Waals surface area contributed by atoms with E-state index in [4.69, 9.17) is 6.42 Å². The Morgan fingerprint density at radius 3 is 2.21 bits per heavy atom. The standard InChI is InChI=1S/C21H25N3O4S/c1-6-10-18-19(20(25)23(9-4)21(26)22(18)8-3)24(15-7-2)29(27,28)17-13-11-16(5)12-14-17/h2,6,11-14H,1,8-10,15H2,3-5H3. The van der Waals surface area contributed by atoms with Gasteiger partial charge < -0.3 is 0 Å². The van der Waals surface area contributed by atoms with E-state index in [1.54, 1.807) is 26.0 Å². The van der Waals surface area contributed by atoms with Gasteiger partial charge in [0.25, 0.3) is 15.6 Å². The van der Waals surface area contributed by atoms with Crippen LogP contribution in [0.4, 0.5) is 5.69 Å². The number of aromatic nitrogens is 2. The van der Waals surface area contributed by atoms with Crippen molar-refractivity contribution in [3.05, 3.63) is 69.0 Å². The molecule has 1 heterocycles. The summed E-state index contributed by atoms with van der Waals surface area (Å²) >= 11 is 0. The smallest absolute Gasteiger partial charge is 0.295 e. The normalized spacial score (nSPS) is 11.1. The van der Waals surface area contributed by atoms with Gasteiger partial charge in [0.2, 0.25) is 0 Å². The molecule has 1 aromatic heterocycles. The molecular formula is C21H25N3O4S. The maximum absolute atomic E-state index is 13.4. The van der Waals surface area contributed by atoms with Crippen LogP contribution in [0.25, 0.3) is 0 Å². The molecule has 8 heteroatoms. The van der Waals surface area contributed by atoms with E-state index < -0.39 is 21.3 Å². The third kappa shape index (κ3) is 4.05. The van der Waals surface area contributed by atoms with Gasteiger partial charge in [0.1, 0.15) is 5.69 Å². The van der Waals surface area contributed by atoms with E-state index in [-0.39, 0.29) is 42.3 Å².